The van der Waals surface area contributed by atoms with Crippen LogP contribution in [0.25, 0.3) is 0 Å². The topological polar surface area (TPSA) is 44.7 Å². The second-order valence-electron chi connectivity index (χ2n) is 5.34. The summed E-state index contributed by atoms with van der Waals surface area (Å²) >= 11 is 0. The van der Waals surface area contributed by atoms with Crippen molar-refractivity contribution in [2.75, 3.05) is 39.3 Å². The monoisotopic (exact) mass is 278 g/mol. The number of benzene rings is 1. The van der Waals surface area contributed by atoms with E-state index in [-0.39, 0.29) is 0 Å². The molecule has 0 radical (unpaired) electrons. The molecule has 1 saturated heterocycles. The fraction of sp³-hybridized carbons (Fsp3) is 0.625. The molecular formula is C16H26N2O2. The van der Waals surface area contributed by atoms with Crippen molar-refractivity contribution in [3.8, 4) is 5.75 Å². The molecule has 0 bridgehead atoms. The summed E-state index contributed by atoms with van der Waals surface area (Å²) in [6.07, 6.45) is 1.80. The van der Waals surface area contributed by atoms with Gasteiger partial charge in [-0.2, -0.15) is 0 Å². The Balaban J connectivity index is 1.81. The third-order valence-electron chi connectivity index (χ3n) is 3.67. The van der Waals surface area contributed by atoms with Crippen LogP contribution >= 0.6 is 0 Å². The standard InChI is InChI=1S/C16H26N2O2/c1-2-3-12-20-15-6-4-14(5-7-15)16(19)13-18-10-8-17-9-11-18/h4-7,16-17,19H,2-3,8-13H2,1H3. The number of aliphatic hydroxyl groups excluding tert-OH is 1. The second-order valence-corrected chi connectivity index (χ2v) is 5.34. The molecule has 1 aliphatic rings. The molecule has 1 aromatic rings. The van der Waals surface area contributed by atoms with Crippen LogP contribution in [0.15, 0.2) is 24.3 Å². The van der Waals surface area contributed by atoms with Crippen molar-refractivity contribution in [1.82, 2.24) is 10.2 Å². The number of piperazine rings is 1. The summed E-state index contributed by atoms with van der Waals surface area (Å²) in [5, 5.41) is 13.6. The fourth-order valence-electron chi connectivity index (χ4n) is 2.36. The summed E-state index contributed by atoms with van der Waals surface area (Å²) in [6, 6.07) is 7.83. The van der Waals surface area contributed by atoms with E-state index >= 15 is 0 Å². The van der Waals surface area contributed by atoms with Gasteiger partial charge in [-0.15, -0.1) is 0 Å². The van der Waals surface area contributed by atoms with Gasteiger partial charge in [0.15, 0.2) is 0 Å². The van der Waals surface area contributed by atoms with Crippen LogP contribution in [-0.4, -0.2) is 49.3 Å². The minimum Gasteiger partial charge on any atom is -0.494 e. The van der Waals surface area contributed by atoms with Crippen LogP contribution in [0.3, 0.4) is 0 Å². The molecule has 0 spiro atoms. The lowest BCUT2D eigenvalue weighted by Crippen LogP contribution is -2.44. The highest BCUT2D eigenvalue weighted by Crippen LogP contribution is 2.19. The van der Waals surface area contributed by atoms with Crippen molar-refractivity contribution >= 4 is 0 Å². The van der Waals surface area contributed by atoms with Crippen molar-refractivity contribution in [1.29, 1.82) is 0 Å². The molecule has 1 unspecified atom stereocenters. The molecule has 0 saturated carbocycles. The fourth-order valence-corrected chi connectivity index (χ4v) is 2.36. The summed E-state index contributed by atoms with van der Waals surface area (Å²) in [5.41, 5.74) is 0.964. The molecule has 1 heterocycles. The van der Waals surface area contributed by atoms with Gasteiger partial charge in [0.25, 0.3) is 0 Å². The first-order valence-electron chi connectivity index (χ1n) is 7.63. The van der Waals surface area contributed by atoms with Crippen molar-refractivity contribution in [3.05, 3.63) is 29.8 Å². The Morgan fingerprint density at radius 1 is 1.25 bits per heavy atom. The molecule has 1 atom stereocenters. The van der Waals surface area contributed by atoms with Crippen molar-refractivity contribution in [2.45, 2.75) is 25.9 Å². The maximum Gasteiger partial charge on any atom is 0.119 e. The highest BCUT2D eigenvalue weighted by atomic mass is 16.5. The number of ether oxygens (including phenoxy) is 1. The van der Waals surface area contributed by atoms with E-state index < -0.39 is 6.10 Å². The largest absolute Gasteiger partial charge is 0.494 e. The molecule has 20 heavy (non-hydrogen) atoms. The average molecular weight is 278 g/mol. The van der Waals surface area contributed by atoms with Gasteiger partial charge in [-0.3, -0.25) is 4.90 Å². The number of nitrogens with one attached hydrogen (secondary N) is 1. The van der Waals surface area contributed by atoms with E-state index in [0.717, 1.165) is 56.9 Å². The molecule has 0 amide bonds. The Hall–Kier alpha value is -1.10. The first-order chi connectivity index (χ1) is 9.79. The number of hydrogen-bond donors (Lipinski definition) is 2. The SMILES string of the molecule is CCCCOc1ccc(C(O)CN2CCNCC2)cc1. The maximum absolute atomic E-state index is 10.3. The van der Waals surface area contributed by atoms with E-state index in [4.69, 9.17) is 4.74 Å². The molecule has 2 N–H and O–H groups in total. The summed E-state index contributed by atoms with van der Waals surface area (Å²) < 4.78 is 5.63. The van der Waals surface area contributed by atoms with E-state index in [1.54, 1.807) is 0 Å². The lowest BCUT2D eigenvalue weighted by atomic mass is 10.1. The van der Waals surface area contributed by atoms with Crippen LogP contribution in [0.5, 0.6) is 5.75 Å². The molecule has 2 rings (SSSR count). The minimum absolute atomic E-state index is 0.419. The van der Waals surface area contributed by atoms with Crippen molar-refractivity contribution < 1.29 is 9.84 Å². The van der Waals surface area contributed by atoms with Gasteiger partial charge in [0, 0.05) is 32.7 Å². The van der Waals surface area contributed by atoms with Crippen LogP contribution < -0.4 is 10.1 Å². The van der Waals surface area contributed by atoms with Crippen LogP contribution in [0.4, 0.5) is 0 Å². The Kier molecular flexibility index (Phi) is 6.30. The van der Waals surface area contributed by atoms with Gasteiger partial charge in [0.05, 0.1) is 12.7 Å². The van der Waals surface area contributed by atoms with Gasteiger partial charge < -0.3 is 15.2 Å². The normalized spacial score (nSPS) is 17.9. The van der Waals surface area contributed by atoms with Gasteiger partial charge in [0.2, 0.25) is 0 Å². The molecule has 4 heteroatoms. The van der Waals surface area contributed by atoms with Gasteiger partial charge >= 0.3 is 0 Å². The first kappa shape index (κ1) is 15.3. The lowest BCUT2D eigenvalue weighted by Gasteiger charge is -2.29. The summed E-state index contributed by atoms with van der Waals surface area (Å²) in [7, 11) is 0. The first-order valence-corrected chi connectivity index (χ1v) is 7.63. The smallest absolute Gasteiger partial charge is 0.119 e. The van der Waals surface area contributed by atoms with Crippen molar-refractivity contribution in [2.24, 2.45) is 0 Å². The number of β-amino-alcohol motifs (C(OH)–C–C–N with tert-alkyl or cyclic N) is 1. The van der Waals surface area contributed by atoms with E-state index in [0.29, 0.717) is 6.54 Å². The maximum atomic E-state index is 10.3. The summed E-state index contributed by atoms with van der Waals surface area (Å²) in [5.74, 6) is 0.886. The van der Waals surface area contributed by atoms with Gasteiger partial charge in [-0.05, 0) is 24.1 Å². The zero-order valence-corrected chi connectivity index (χ0v) is 12.3. The van der Waals surface area contributed by atoms with Crippen LogP contribution in [0, 0.1) is 0 Å². The lowest BCUT2D eigenvalue weighted by molar-refractivity contribution is 0.105. The quantitative estimate of drug-likeness (QED) is 0.747. The number of unbranched alkanes of at least 4 members (excludes halogenated alkanes) is 1. The molecule has 1 aromatic carbocycles. The predicted octanol–water partition coefficient (Wildman–Crippen LogP) is 1.80. The van der Waals surface area contributed by atoms with Gasteiger partial charge in [-0.25, -0.2) is 0 Å². The highest BCUT2D eigenvalue weighted by Gasteiger charge is 2.15. The zero-order valence-electron chi connectivity index (χ0n) is 12.3. The number of aliphatic hydroxyl groups is 1. The van der Waals surface area contributed by atoms with E-state index in [9.17, 15) is 5.11 Å². The Bertz CT molecular complexity index is 375. The Morgan fingerprint density at radius 2 is 1.95 bits per heavy atom. The Labute approximate surface area is 121 Å². The molecule has 4 nitrogen and oxygen atoms in total. The Morgan fingerprint density at radius 3 is 2.60 bits per heavy atom. The van der Waals surface area contributed by atoms with Gasteiger partial charge in [0.1, 0.15) is 5.75 Å². The number of hydrogen-bond acceptors (Lipinski definition) is 4. The second kappa shape index (κ2) is 8.25. The van der Waals surface area contributed by atoms with E-state index in [1.807, 2.05) is 24.3 Å². The molecule has 0 aliphatic carbocycles. The number of nitrogens with zero attached hydrogens (tertiary/aromatic N) is 1. The van der Waals surface area contributed by atoms with E-state index in [1.165, 1.54) is 0 Å². The highest BCUT2D eigenvalue weighted by molar-refractivity contribution is 5.28. The summed E-state index contributed by atoms with van der Waals surface area (Å²) in [6.45, 7) is 7.66. The van der Waals surface area contributed by atoms with Crippen molar-refractivity contribution in [3.63, 3.8) is 0 Å². The molecule has 0 aromatic heterocycles. The summed E-state index contributed by atoms with van der Waals surface area (Å²) in [4.78, 5) is 2.30. The molecule has 112 valence electrons. The van der Waals surface area contributed by atoms with Gasteiger partial charge in [-0.1, -0.05) is 25.5 Å². The average Bonchev–Trinajstić information content (AvgIpc) is 2.49. The molecule has 1 aliphatic heterocycles. The molecular weight excluding hydrogens is 252 g/mol. The minimum atomic E-state index is -0.419. The number of rotatable bonds is 7. The van der Waals surface area contributed by atoms with E-state index in [2.05, 4.69) is 17.1 Å². The zero-order chi connectivity index (χ0) is 14.2. The van der Waals surface area contributed by atoms with Crippen LogP contribution in [-0.2, 0) is 0 Å². The molecule has 1 fully saturated rings. The predicted molar refractivity (Wildman–Crippen MR) is 81.1 cm³/mol. The third-order valence-corrected chi connectivity index (χ3v) is 3.67. The van der Waals surface area contributed by atoms with Crippen LogP contribution in [0.1, 0.15) is 31.4 Å². The van der Waals surface area contributed by atoms with Crippen LogP contribution in [0.2, 0.25) is 0 Å². The third kappa shape index (κ3) is 4.78.